The Kier molecular flexibility index (Phi) is 1.31. The van der Waals surface area contributed by atoms with Crippen molar-refractivity contribution in [3.8, 4) is 0 Å². The van der Waals surface area contributed by atoms with Crippen molar-refractivity contribution in [1.29, 1.82) is 0 Å². The van der Waals surface area contributed by atoms with Crippen LogP contribution in [0.4, 0.5) is 0 Å². The Bertz CT molecular complexity index is 111. The molecule has 3 rings (SSSR count). The fourth-order valence-electron chi connectivity index (χ4n) is 1.60. The van der Waals surface area contributed by atoms with Crippen LogP contribution in [0.15, 0.2) is 12.2 Å². The molecule has 2 unspecified atom stereocenters. The van der Waals surface area contributed by atoms with E-state index in [1.165, 1.54) is 19.3 Å². The average Bonchev–Trinajstić information content (AvgIpc) is 2.21. The lowest BCUT2D eigenvalue weighted by molar-refractivity contribution is 0.0933. The Balaban J connectivity index is 2.15. The second kappa shape index (κ2) is 2.14. The molecular formula is C8H12O. The molecule has 0 aromatic heterocycles. The maximum Gasteiger partial charge on any atom is 0.0756 e. The molecule has 0 saturated carbocycles. The highest BCUT2D eigenvalue weighted by Gasteiger charge is 2.19. The summed E-state index contributed by atoms with van der Waals surface area (Å²) in [5.41, 5.74) is 0. The second-order valence-corrected chi connectivity index (χ2v) is 2.92. The molecule has 1 fully saturated rings. The van der Waals surface area contributed by atoms with Gasteiger partial charge >= 0.3 is 0 Å². The van der Waals surface area contributed by atoms with Crippen LogP contribution in [0.5, 0.6) is 0 Å². The van der Waals surface area contributed by atoms with Gasteiger partial charge in [-0.25, -0.2) is 0 Å². The fourth-order valence-corrected chi connectivity index (χ4v) is 1.60. The van der Waals surface area contributed by atoms with Crippen molar-refractivity contribution in [3.05, 3.63) is 12.2 Å². The third-order valence-corrected chi connectivity index (χ3v) is 2.24. The van der Waals surface area contributed by atoms with Gasteiger partial charge < -0.3 is 4.74 Å². The summed E-state index contributed by atoms with van der Waals surface area (Å²) in [5.74, 6) is 0.837. The summed E-state index contributed by atoms with van der Waals surface area (Å²) < 4.78 is 5.51. The topological polar surface area (TPSA) is 9.23 Å². The van der Waals surface area contributed by atoms with Gasteiger partial charge in [-0.15, -0.1) is 0 Å². The Morgan fingerprint density at radius 3 is 2.89 bits per heavy atom. The molecule has 0 amide bonds. The van der Waals surface area contributed by atoms with Gasteiger partial charge in [0, 0.05) is 6.61 Å². The zero-order valence-corrected chi connectivity index (χ0v) is 5.55. The summed E-state index contributed by atoms with van der Waals surface area (Å²) in [6, 6.07) is 0. The van der Waals surface area contributed by atoms with Crippen LogP contribution in [0, 0.1) is 5.92 Å². The van der Waals surface area contributed by atoms with Crippen LogP contribution in [0.25, 0.3) is 0 Å². The van der Waals surface area contributed by atoms with Crippen molar-refractivity contribution in [1.82, 2.24) is 0 Å². The first-order valence-corrected chi connectivity index (χ1v) is 3.75. The third-order valence-electron chi connectivity index (χ3n) is 2.24. The van der Waals surface area contributed by atoms with E-state index in [4.69, 9.17) is 4.74 Å². The average molecular weight is 124 g/mol. The normalized spacial score (nSPS) is 40.9. The van der Waals surface area contributed by atoms with Gasteiger partial charge in [0.1, 0.15) is 0 Å². The number of hydrogen-bond acceptors (Lipinski definition) is 1. The van der Waals surface area contributed by atoms with Gasteiger partial charge in [0.15, 0.2) is 0 Å². The minimum absolute atomic E-state index is 0.462. The Morgan fingerprint density at radius 2 is 2.11 bits per heavy atom. The Hall–Kier alpha value is -0.300. The third kappa shape index (κ3) is 1.01. The van der Waals surface area contributed by atoms with Crippen molar-refractivity contribution < 1.29 is 4.74 Å². The number of hydrogen-bond donors (Lipinski definition) is 0. The number of allylic oxidation sites excluding steroid dienone is 1. The van der Waals surface area contributed by atoms with Crippen molar-refractivity contribution in [2.24, 2.45) is 5.92 Å². The first-order chi connectivity index (χ1) is 4.45. The SMILES string of the molecule is C1=CC2CCC1CCO2. The minimum atomic E-state index is 0.462. The molecule has 2 bridgehead atoms. The van der Waals surface area contributed by atoms with E-state index >= 15 is 0 Å². The Morgan fingerprint density at radius 1 is 1.11 bits per heavy atom. The van der Waals surface area contributed by atoms with Crippen LogP contribution >= 0.6 is 0 Å². The van der Waals surface area contributed by atoms with E-state index < -0.39 is 0 Å². The lowest BCUT2D eigenvalue weighted by Gasteiger charge is -2.14. The molecule has 50 valence electrons. The van der Waals surface area contributed by atoms with Crippen LogP contribution in [0.2, 0.25) is 0 Å². The van der Waals surface area contributed by atoms with Gasteiger partial charge in [-0.3, -0.25) is 0 Å². The van der Waals surface area contributed by atoms with Gasteiger partial charge in [0.2, 0.25) is 0 Å². The van der Waals surface area contributed by atoms with Crippen molar-refractivity contribution >= 4 is 0 Å². The minimum Gasteiger partial charge on any atom is -0.374 e. The number of ether oxygens (including phenoxy) is 1. The van der Waals surface area contributed by atoms with E-state index in [-0.39, 0.29) is 0 Å². The maximum absolute atomic E-state index is 5.51. The lowest BCUT2D eigenvalue weighted by atomic mass is 9.94. The molecule has 1 heteroatoms. The first kappa shape index (κ1) is 5.48. The standard InChI is InChI=1S/C8H12O/c1-3-8-4-2-7(1)5-6-9-8/h1,3,7-8H,2,4-6H2. The van der Waals surface area contributed by atoms with E-state index in [0.29, 0.717) is 6.10 Å². The summed E-state index contributed by atoms with van der Waals surface area (Å²) in [7, 11) is 0. The smallest absolute Gasteiger partial charge is 0.0756 e. The van der Waals surface area contributed by atoms with E-state index in [1.54, 1.807) is 0 Å². The molecule has 0 aromatic carbocycles. The van der Waals surface area contributed by atoms with Gasteiger partial charge in [-0.05, 0) is 25.2 Å². The van der Waals surface area contributed by atoms with E-state index in [2.05, 4.69) is 12.2 Å². The summed E-state index contributed by atoms with van der Waals surface area (Å²) in [5, 5.41) is 0. The first-order valence-electron chi connectivity index (χ1n) is 3.75. The molecule has 2 aliphatic heterocycles. The quantitative estimate of drug-likeness (QED) is 0.447. The molecule has 3 aliphatic rings. The Labute approximate surface area is 55.7 Å². The largest absolute Gasteiger partial charge is 0.374 e. The predicted molar refractivity (Wildman–Crippen MR) is 36.2 cm³/mol. The van der Waals surface area contributed by atoms with Crippen molar-refractivity contribution in [2.45, 2.75) is 25.4 Å². The molecule has 2 heterocycles. The van der Waals surface area contributed by atoms with Gasteiger partial charge in [-0.2, -0.15) is 0 Å². The van der Waals surface area contributed by atoms with Crippen molar-refractivity contribution in [2.75, 3.05) is 6.61 Å². The highest BCUT2D eigenvalue weighted by atomic mass is 16.5. The molecular weight excluding hydrogens is 112 g/mol. The monoisotopic (exact) mass is 124 g/mol. The molecule has 0 spiro atoms. The van der Waals surface area contributed by atoms with Crippen molar-refractivity contribution in [3.63, 3.8) is 0 Å². The summed E-state index contributed by atoms with van der Waals surface area (Å²) in [4.78, 5) is 0. The maximum atomic E-state index is 5.51. The summed E-state index contributed by atoms with van der Waals surface area (Å²) >= 11 is 0. The number of rotatable bonds is 0. The molecule has 0 N–H and O–H groups in total. The molecule has 1 nitrogen and oxygen atoms in total. The molecule has 9 heavy (non-hydrogen) atoms. The predicted octanol–water partition coefficient (Wildman–Crippen LogP) is 1.74. The number of fused-ring (bicyclic) bond motifs is 3. The van der Waals surface area contributed by atoms with Crippen LogP contribution in [-0.4, -0.2) is 12.7 Å². The van der Waals surface area contributed by atoms with Gasteiger partial charge in [0.25, 0.3) is 0 Å². The van der Waals surface area contributed by atoms with Crippen LogP contribution in [-0.2, 0) is 4.74 Å². The van der Waals surface area contributed by atoms with Gasteiger partial charge in [0.05, 0.1) is 6.10 Å². The zero-order chi connectivity index (χ0) is 6.10. The second-order valence-electron chi connectivity index (χ2n) is 2.92. The van der Waals surface area contributed by atoms with Crippen LogP contribution in [0.1, 0.15) is 19.3 Å². The van der Waals surface area contributed by atoms with Crippen LogP contribution in [0.3, 0.4) is 0 Å². The lowest BCUT2D eigenvalue weighted by Crippen LogP contribution is -2.09. The van der Waals surface area contributed by atoms with E-state index in [9.17, 15) is 0 Å². The molecule has 0 aromatic rings. The fraction of sp³-hybridized carbons (Fsp3) is 0.750. The molecule has 0 radical (unpaired) electrons. The molecule has 1 saturated heterocycles. The highest BCUT2D eigenvalue weighted by molar-refractivity contribution is 5.00. The van der Waals surface area contributed by atoms with E-state index in [0.717, 1.165) is 12.5 Å². The summed E-state index contributed by atoms with van der Waals surface area (Å²) in [6.45, 7) is 0.975. The zero-order valence-electron chi connectivity index (χ0n) is 5.55. The van der Waals surface area contributed by atoms with Crippen LogP contribution < -0.4 is 0 Å². The van der Waals surface area contributed by atoms with Gasteiger partial charge in [-0.1, -0.05) is 12.2 Å². The molecule has 2 atom stereocenters. The van der Waals surface area contributed by atoms with E-state index in [1.807, 2.05) is 0 Å². The molecule has 1 aliphatic carbocycles. The summed E-state index contributed by atoms with van der Waals surface area (Å²) in [6.07, 6.45) is 8.85. The highest BCUT2D eigenvalue weighted by Crippen LogP contribution is 2.26.